The van der Waals surface area contributed by atoms with Crippen LogP contribution in [-0.4, -0.2) is 0 Å². The molecule has 0 aliphatic rings. The van der Waals surface area contributed by atoms with Crippen molar-refractivity contribution in [2.24, 2.45) is 0 Å². The summed E-state index contributed by atoms with van der Waals surface area (Å²) in [5.74, 6) is 6.46. The van der Waals surface area contributed by atoms with Crippen LogP contribution < -0.4 is 0 Å². The number of hydrogen-bond donors (Lipinski definition) is 0. The SMILES string of the molecule is CCCCCCCc1ccc(-c2ccc(C#Cc3ccc4c(F)c(CCCCCC)ccc4c3)cc2)cc1. The van der Waals surface area contributed by atoms with E-state index in [-0.39, 0.29) is 5.82 Å². The Morgan fingerprint density at radius 1 is 0.553 bits per heavy atom. The van der Waals surface area contributed by atoms with Crippen molar-refractivity contribution in [3.05, 3.63) is 107 Å². The summed E-state index contributed by atoms with van der Waals surface area (Å²) in [6, 6.07) is 27.2. The highest BCUT2D eigenvalue weighted by atomic mass is 19.1. The monoisotopic (exact) mass is 504 g/mol. The van der Waals surface area contributed by atoms with Crippen LogP contribution in [0.2, 0.25) is 0 Å². The van der Waals surface area contributed by atoms with Crippen molar-refractivity contribution >= 4 is 10.8 Å². The first-order valence-electron chi connectivity index (χ1n) is 14.6. The van der Waals surface area contributed by atoms with Crippen LogP contribution in [0.1, 0.15) is 93.9 Å². The molecule has 0 amide bonds. The minimum atomic E-state index is -0.0749. The zero-order chi connectivity index (χ0) is 26.6. The molecule has 0 heterocycles. The van der Waals surface area contributed by atoms with E-state index < -0.39 is 0 Å². The van der Waals surface area contributed by atoms with Gasteiger partial charge >= 0.3 is 0 Å². The molecule has 0 unspecified atom stereocenters. The predicted octanol–water partition coefficient (Wildman–Crippen LogP) is 10.7. The van der Waals surface area contributed by atoms with Crippen LogP contribution >= 0.6 is 0 Å². The molecular weight excluding hydrogens is 463 g/mol. The summed E-state index contributed by atoms with van der Waals surface area (Å²) in [7, 11) is 0. The molecule has 0 radical (unpaired) electrons. The van der Waals surface area contributed by atoms with Gasteiger partial charge in [0.15, 0.2) is 0 Å². The van der Waals surface area contributed by atoms with E-state index in [1.165, 1.54) is 68.1 Å². The van der Waals surface area contributed by atoms with Gasteiger partial charge in [-0.05, 0) is 77.6 Å². The summed E-state index contributed by atoms with van der Waals surface area (Å²) in [4.78, 5) is 0. The number of unbranched alkanes of at least 4 members (excludes halogenated alkanes) is 7. The molecule has 196 valence electrons. The molecule has 38 heavy (non-hydrogen) atoms. The molecule has 0 fully saturated rings. The van der Waals surface area contributed by atoms with Gasteiger partial charge in [0.25, 0.3) is 0 Å². The van der Waals surface area contributed by atoms with Gasteiger partial charge in [0.1, 0.15) is 5.82 Å². The first-order chi connectivity index (χ1) is 18.7. The van der Waals surface area contributed by atoms with E-state index in [4.69, 9.17) is 0 Å². The Hall–Kier alpha value is -3.37. The number of halogens is 1. The predicted molar refractivity (Wildman–Crippen MR) is 162 cm³/mol. The Morgan fingerprint density at radius 2 is 1.13 bits per heavy atom. The van der Waals surface area contributed by atoms with Crippen molar-refractivity contribution in [2.45, 2.75) is 84.5 Å². The summed E-state index contributed by atoms with van der Waals surface area (Å²) in [6.45, 7) is 4.46. The quantitative estimate of drug-likeness (QED) is 0.133. The Kier molecular flexibility index (Phi) is 10.6. The molecular formula is C37H41F. The van der Waals surface area contributed by atoms with Gasteiger partial charge < -0.3 is 0 Å². The fourth-order valence-corrected chi connectivity index (χ4v) is 5.04. The van der Waals surface area contributed by atoms with E-state index in [1.807, 2.05) is 30.3 Å². The molecule has 0 atom stereocenters. The first kappa shape index (κ1) is 27.7. The van der Waals surface area contributed by atoms with Gasteiger partial charge in [-0.3, -0.25) is 0 Å². The van der Waals surface area contributed by atoms with E-state index in [2.05, 4.69) is 74.2 Å². The average Bonchev–Trinajstić information content (AvgIpc) is 2.96. The summed E-state index contributed by atoms with van der Waals surface area (Å²) >= 11 is 0. The van der Waals surface area contributed by atoms with Crippen LogP contribution in [0.15, 0.2) is 78.9 Å². The Morgan fingerprint density at radius 3 is 1.84 bits per heavy atom. The highest BCUT2D eigenvalue weighted by molar-refractivity contribution is 5.85. The van der Waals surface area contributed by atoms with E-state index in [1.54, 1.807) is 0 Å². The second kappa shape index (κ2) is 14.5. The summed E-state index contributed by atoms with van der Waals surface area (Å²) < 4.78 is 15.0. The molecule has 0 aromatic heterocycles. The van der Waals surface area contributed by atoms with Crippen LogP contribution in [0.4, 0.5) is 4.39 Å². The third-order valence-corrected chi connectivity index (χ3v) is 7.43. The van der Waals surface area contributed by atoms with Crippen LogP contribution in [0.3, 0.4) is 0 Å². The second-order valence-corrected chi connectivity index (χ2v) is 10.5. The molecule has 1 heteroatoms. The maximum absolute atomic E-state index is 15.0. The lowest BCUT2D eigenvalue weighted by Gasteiger charge is -2.07. The van der Waals surface area contributed by atoms with Gasteiger partial charge in [-0.2, -0.15) is 0 Å². The van der Waals surface area contributed by atoms with Crippen molar-refractivity contribution < 1.29 is 4.39 Å². The van der Waals surface area contributed by atoms with Gasteiger partial charge in [0.05, 0.1) is 0 Å². The minimum absolute atomic E-state index is 0.0749. The standard InChI is InChI=1S/C37H41F/c1-3-5-7-9-10-12-29-16-21-32(22-17-29)33-23-18-30(19-24-33)14-15-31-20-27-36-35(28-31)26-25-34(37(36)38)13-11-8-6-4-2/h16-28H,3-13H2,1-2H3. The zero-order valence-corrected chi connectivity index (χ0v) is 23.2. The van der Waals surface area contributed by atoms with Crippen molar-refractivity contribution in [1.82, 2.24) is 0 Å². The lowest BCUT2D eigenvalue weighted by molar-refractivity contribution is 0.603. The van der Waals surface area contributed by atoms with Crippen LogP contribution in [0.25, 0.3) is 21.9 Å². The molecule has 4 aromatic rings. The Balaban J connectivity index is 1.37. The highest BCUT2D eigenvalue weighted by Gasteiger charge is 2.08. The number of rotatable bonds is 12. The fourth-order valence-electron chi connectivity index (χ4n) is 5.04. The third kappa shape index (κ3) is 7.82. The smallest absolute Gasteiger partial charge is 0.134 e. The molecule has 0 saturated heterocycles. The van der Waals surface area contributed by atoms with Crippen molar-refractivity contribution in [2.75, 3.05) is 0 Å². The normalized spacial score (nSPS) is 10.9. The molecule has 0 N–H and O–H groups in total. The van der Waals surface area contributed by atoms with Crippen LogP contribution in [0, 0.1) is 17.7 Å². The van der Waals surface area contributed by atoms with Gasteiger partial charge in [0, 0.05) is 16.5 Å². The zero-order valence-electron chi connectivity index (χ0n) is 23.2. The molecule has 0 bridgehead atoms. The lowest BCUT2D eigenvalue weighted by Crippen LogP contribution is -1.93. The van der Waals surface area contributed by atoms with Gasteiger partial charge in [-0.1, -0.05) is 125 Å². The number of benzene rings is 4. The van der Waals surface area contributed by atoms with E-state index in [0.29, 0.717) is 5.39 Å². The molecule has 4 aromatic carbocycles. The number of aryl methyl sites for hydroxylation is 2. The Labute approximate surface area is 229 Å². The van der Waals surface area contributed by atoms with Crippen molar-refractivity contribution in [1.29, 1.82) is 0 Å². The minimum Gasteiger partial charge on any atom is -0.206 e. The summed E-state index contributed by atoms with van der Waals surface area (Å²) in [5, 5.41) is 1.60. The Bertz CT molecular complexity index is 1350. The number of hydrogen-bond acceptors (Lipinski definition) is 0. The van der Waals surface area contributed by atoms with Gasteiger partial charge in [-0.25, -0.2) is 4.39 Å². The fraction of sp³-hybridized carbons (Fsp3) is 0.351. The van der Waals surface area contributed by atoms with E-state index in [9.17, 15) is 0 Å². The third-order valence-electron chi connectivity index (χ3n) is 7.43. The molecule has 0 nitrogen and oxygen atoms in total. The van der Waals surface area contributed by atoms with Crippen LogP contribution in [0.5, 0.6) is 0 Å². The average molecular weight is 505 g/mol. The first-order valence-corrected chi connectivity index (χ1v) is 14.6. The maximum Gasteiger partial charge on any atom is 0.134 e. The topological polar surface area (TPSA) is 0 Å². The highest BCUT2D eigenvalue weighted by Crippen LogP contribution is 2.24. The number of fused-ring (bicyclic) bond motifs is 1. The summed E-state index contributed by atoms with van der Waals surface area (Å²) in [6.07, 6.45) is 13.2. The molecule has 0 aliphatic heterocycles. The van der Waals surface area contributed by atoms with E-state index in [0.717, 1.165) is 41.3 Å². The largest absolute Gasteiger partial charge is 0.206 e. The lowest BCUT2D eigenvalue weighted by atomic mass is 9.99. The van der Waals surface area contributed by atoms with Crippen molar-refractivity contribution in [3.63, 3.8) is 0 Å². The maximum atomic E-state index is 15.0. The summed E-state index contributed by atoms with van der Waals surface area (Å²) in [5.41, 5.74) is 6.57. The molecule has 0 saturated carbocycles. The van der Waals surface area contributed by atoms with Crippen molar-refractivity contribution in [3.8, 4) is 23.0 Å². The van der Waals surface area contributed by atoms with E-state index >= 15 is 4.39 Å². The van der Waals surface area contributed by atoms with Crippen LogP contribution in [-0.2, 0) is 12.8 Å². The second-order valence-electron chi connectivity index (χ2n) is 10.5. The molecule has 0 aliphatic carbocycles. The molecule has 0 spiro atoms. The molecule has 4 rings (SSSR count). The van der Waals surface area contributed by atoms with Gasteiger partial charge in [0.2, 0.25) is 0 Å². The van der Waals surface area contributed by atoms with Gasteiger partial charge in [-0.15, -0.1) is 0 Å².